The highest BCUT2D eigenvalue weighted by atomic mass is 127. The first-order valence-electron chi connectivity index (χ1n) is 8.57. The van der Waals surface area contributed by atoms with Crippen molar-refractivity contribution in [3.8, 4) is 0 Å². The van der Waals surface area contributed by atoms with Gasteiger partial charge in [-0.25, -0.2) is 0 Å². The summed E-state index contributed by atoms with van der Waals surface area (Å²) >= 11 is 0. The molecule has 0 bridgehead atoms. The molecule has 5 heteroatoms. The third kappa shape index (κ3) is 6.07. The molecule has 0 unspecified atom stereocenters. The molecule has 0 amide bonds. The molecule has 2 N–H and O–H groups in total. The molecule has 2 rings (SSSR count). The number of guanidine groups is 1. The van der Waals surface area contributed by atoms with Crippen LogP contribution in [0.15, 0.2) is 17.1 Å². The monoisotopic (exact) mass is 420 g/mol. The maximum Gasteiger partial charge on any atom is 0.191 e. The molecule has 0 spiro atoms. The summed E-state index contributed by atoms with van der Waals surface area (Å²) < 4.78 is 0. The molecular weight excluding hydrogens is 387 g/mol. The second-order valence-corrected chi connectivity index (χ2v) is 6.84. The number of halogens is 1. The van der Waals surface area contributed by atoms with Crippen LogP contribution in [0.2, 0.25) is 0 Å². The molecule has 0 saturated carbocycles. The highest BCUT2D eigenvalue weighted by Crippen LogP contribution is 2.20. The maximum absolute atomic E-state index is 4.85. The fourth-order valence-corrected chi connectivity index (χ4v) is 3.12. The normalized spacial score (nSPS) is 20.8. The van der Waals surface area contributed by atoms with Gasteiger partial charge < -0.3 is 10.6 Å². The van der Waals surface area contributed by atoms with Crippen molar-refractivity contribution in [2.75, 3.05) is 26.2 Å². The Bertz CT molecular complexity index is 365. The molecule has 22 heavy (non-hydrogen) atoms. The van der Waals surface area contributed by atoms with Crippen molar-refractivity contribution < 1.29 is 0 Å². The lowest BCUT2D eigenvalue weighted by molar-refractivity contribution is 0.102. The van der Waals surface area contributed by atoms with Gasteiger partial charge in [-0.05, 0) is 59.5 Å². The maximum atomic E-state index is 4.85. The largest absolute Gasteiger partial charge is 0.357 e. The van der Waals surface area contributed by atoms with E-state index >= 15 is 0 Å². The van der Waals surface area contributed by atoms with Gasteiger partial charge in [0.15, 0.2) is 5.96 Å². The summed E-state index contributed by atoms with van der Waals surface area (Å²) in [6.45, 7) is 11.0. The number of aliphatic imine (C=N–C) groups is 1. The number of piperidine rings is 1. The number of hydrogen-bond donors (Lipinski definition) is 2. The number of hydrogen-bond acceptors (Lipinski definition) is 2. The van der Waals surface area contributed by atoms with E-state index in [1.165, 1.54) is 32.4 Å². The van der Waals surface area contributed by atoms with E-state index in [1.54, 1.807) is 0 Å². The van der Waals surface area contributed by atoms with Gasteiger partial charge >= 0.3 is 0 Å². The lowest BCUT2D eigenvalue weighted by Crippen LogP contribution is -2.50. The molecule has 0 aromatic carbocycles. The molecule has 0 radical (unpaired) electrons. The number of nitrogens with zero attached hydrogens (tertiary/aromatic N) is 2. The molecular formula is C17H33IN4. The summed E-state index contributed by atoms with van der Waals surface area (Å²) in [6.07, 6.45) is 10.8. The van der Waals surface area contributed by atoms with E-state index in [-0.39, 0.29) is 29.5 Å². The Labute approximate surface area is 153 Å². The van der Waals surface area contributed by atoms with Crippen LogP contribution in [0.4, 0.5) is 0 Å². The van der Waals surface area contributed by atoms with E-state index in [0.29, 0.717) is 6.04 Å². The molecule has 0 aromatic rings. The Hall–Kier alpha value is -0.300. The van der Waals surface area contributed by atoms with Gasteiger partial charge in [0.1, 0.15) is 0 Å². The molecule has 128 valence electrons. The quantitative estimate of drug-likeness (QED) is 0.311. The summed E-state index contributed by atoms with van der Waals surface area (Å²) in [5, 5.41) is 6.93. The van der Waals surface area contributed by atoms with Crippen molar-refractivity contribution >= 4 is 29.9 Å². The van der Waals surface area contributed by atoms with Crippen LogP contribution in [0, 0.1) is 0 Å². The Morgan fingerprint density at radius 3 is 2.41 bits per heavy atom. The number of rotatable bonds is 5. The highest BCUT2D eigenvalue weighted by molar-refractivity contribution is 14.0. The minimum Gasteiger partial charge on any atom is -0.357 e. The predicted molar refractivity (Wildman–Crippen MR) is 106 cm³/mol. The first-order chi connectivity index (χ1) is 10.1. The van der Waals surface area contributed by atoms with Crippen molar-refractivity contribution in [2.24, 2.45) is 4.99 Å². The smallest absolute Gasteiger partial charge is 0.191 e. The average molecular weight is 420 g/mol. The number of nitrogens with one attached hydrogen (secondary N) is 2. The predicted octanol–water partition coefficient (Wildman–Crippen LogP) is 3.14. The van der Waals surface area contributed by atoms with Gasteiger partial charge in [-0.15, -0.1) is 24.0 Å². The Balaban J connectivity index is 0.00000242. The van der Waals surface area contributed by atoms with E-state index in [1.807, 2.05) is 0 Å². The van der Waals surface area contributed by atoms with Crippen LogP contribution < -0.4 is 10.6 Å². The van der Waals surface area contributed by atoms with E-state index < -0.39 is 0 Å². The second-order valence-electron chi connectivity index (χ2n) is 6.84. The Morgan fingerprint density at radius 1 is 1.18 bits per heavy atom. The lowest BCUT2D eigenvalue weighted by Gasteiger charge is -2.40. The van der Waals surface area contributed by atoms with Gasteiger partial charge in [0.2, 0.25) is 0 Å². The summed E-state index contributed by atoms with van der Waals surface area (Å²) in [5.41, 5.74) is 0.150. The van der Waals surface area contributed by atoms with Crippen molar-refractivity contribution in [3.63, 3.8) is 0 Å². The van der Waals surface area contributed by atoms with Gasteiger partial charge in [-0.2, -0.15) is 0 Å². The zero-order valence-corrected chi connectivity index (χ0v) is 16.7. The average Bonchev–Trinajstić information content (AvgIpc) is 2.99. The highest BCUT2D eigenvalue weighted by Gasteiger charge is 2.27. The second kappa shape index (κ2) is 9.75. The molecule has 1 aliphatic carbocycles. The molecule has 1 saturated heterocycles. The van der Waals surface area contributed by atoms with Gasteiger partial charge in [-0.3, -0.25) is 9.89 Å². The van der Waals surface area contributed by atoms with Crippen LogP contribution in [-0.2, 0) is 0 Å². The van der Waals surface area contributed by atoms with E-state index in [9.17, 15) is 0 Å². The number of likely N-dealkylation sites (tertiary alicyclic amines) is 1. The zero-order valence-electron chi connectivity index (χ0n) is 14.4. The van der Waals surface area contributed by atoms with Crippen molar-refractivity contribution in [3.05, 3.63) is 12.2 Å². The summed E-state index contributed by atoms with van der Waals surface area (Å²) in [6, 6.07) is 0.515. The lowest BCUT2D eigenvalue weighted by atomic mass is 9.99. The third-order valence-corrected chi connectivity index (χ3v) is 4.53. The van der Waals surface area contributed by atoms with Crippen molar-refractivity contribution in [1.82, 2.24) is 15.5 Å². The van der Waals surface area contributed by atoms with Crippen molar-refractivity contribution in [2.45, 2.75) is 64.5 Å². The zero-order chi connectivity index (χ0) is 15.1. The topological polar surface area (TPSA) is 39.7 Å². The Morgan fingerprint density at radius 2 is 1.82 bits per heavy atom. The minimum atomic E-state index is 0. The van der Waals surface area contributed by atoms with Crippen LogP contribution in [0.1, 0.15) is 52.9 Å². The first-order valence-corrected chi connectivity index (χ1v) is 8.57. The molecule has 4 nitrogen and oxygen atoms in total. The summed E-state index contributed by atoms with van der Waals surface area (Å²) in [5.74, 6) is 0.969. The third-order valence-electron chi connectivity index (χ3n) is 4.53. The van der Waals surface area contributed by atoms with E-state index in [0.717, 1.165) is 31.9 Å². The van der Waals surface area contributed by atoms with E-state index in [2.05, 4.69) is 48.5 Å². The van der Waals surface area contributed by atoms with Crippen LogP contribution in [0.3, 0.4) is 0 Å². The van der Waals surface area contributed by atoms with Crippen LogP contribution in [0.5, 0.6) is 0 Å². The van der Waals surface area contributed by atoms with Crippen LogP contribution in [0.25, 0.3) is 0 Å². The summed E-state index contributed by atoms with van der Waals surface area (Å²) in [7, 11) is 0. The molecule has 1 fully saturated rings. The van der Waals surface area contributed by atoms with Gasteiger partial charge in [-0.1, -0.05) is 18.6 Å². The molecule has 1 aliphatic heterocycles. The fourth-order valence-electron chi connectivity index (χ4n) is 3.12. The van der Waals surface area contributed by atoms with Gasteiger partial charge in [0, 0.05) is 18.1 Å². The fraction of sp³-hybridized carbons (Fsp3) is 0.824. The van der Waals surface area contributed by atoms with Crippen LogP contribution >= 0.6 is 24.0 Å². The molecule has 0 aromatic heterocycles. The van der Waals surface area contributed by atoms with Gasteiger partial charge in [0.05, 0.1) is 6.54 Å². The molecule has 1 heterocycles. The standard InChI is InChI=1S/C17H32N4.HI/c1-4-18-16(20-15-10-6-7-11-15)19-14-17(2,3)21-12-8-5-9-13-21;/h6-7,15H,4-5,8-14H2,1-3H3,(H2,18,19,20);1H. The van der Waals surface area contributed by atoms with Gasteiger partial charge in [0.25, 0.3) is 0 Å². The summed E-state index contributed by atoms with van der Waals surface area (Å²) in [4.78, 5) is 7.45. The molecule has 0 atom stereocenters. The molecule has 2 aliphatic rings. The SMILES string of the molecule is CCNC(=NCC(C)(C)N1CCCCC1)NC1CC=CC1.I. The van der Waals surface area contributed by atoms with Crippen LogP contribution in [-0.4, -0.2) is 48.6 Å². The Kier molecular flexibility index (Phi) is 8.75. The first kappa shape index (κ1) is 19.7. The minimum absolute atomic E-state index is 0. The van der Waals surface area contributed by atoms with E-state index in [4.69, 9.17) is 4.99 Å². The van der Waals surface area contributed by atoms with Crippen molar-refractivity contribution in [1.29, 1.82) is 0 Å².